The number of carbonyl (C=O) groups is 2. The largest absolute Gasteiger partial charge is 0.339 e. The fraction of sp³-hybridized carbons (Fsp3) is 0.474. The summed E-state index contributed by atoms with van der Waals surface area (Å²) in [6, 6.07) is 7.21. The predicted molar refractivity (Wildman–Crippen MR) is 110 cm³/mol. The topological polar surface area (TPSA) is 75.2 Å². The maximum absolute atomic E-state index is 13.0. The van der Waals surface area contributed by atoms with E-state index in [0.29, 0.717) is 16.3 Å². The molecule has 1 fully saturated rings. The van der Waals surface area contributed by atoms with Crippen molar-refractivity contribution in [1.82, 2.24) is 15.1 Å². The average Bonchev–Trinajstić information content (AvgIpc) is 3.14. The first-order valence-electron chi connectivity index (χ1n) is 9.24. The summed E-state index contributed by atoms with van der Waals surface area (Å²) >= 11 is 2.92. The van der Waals surface area contributed by atoms with Gasteiger partial charge >= 0.3 is 0 Å². The molecule has 2 aromatic rings. The van der Waals surface area contributed by atoms with Crippen LogP contribution in [0.3, 0.4) is 0 Å². The number of nitrogens with one attached hydrogen (secondary N) is 1. The van der Waals surface area contributed by atoms with E-state index in [2.05, 4.69) is 15.5 Å². The first kappa shape index (κ1) is 19.8. The summed E-state index contributed by atoms with van der Waals surface area (Å²) in [5.41, 5.74) is 0.792. The van der Waals surface area contributed by atoms with Crippen LogP contribution in [-0.4, -0.2) is 45.8 Å². The lowest BCUT2D eigenvalue weighted by atomic mass is 9.93. The van der Waals surface area contributed by atoms with Gasteiger partial charge in [0.2, 0.25) is 5.13 Å². The molecule has 1 aromatic carbocycles. The number of benzene rings is 1. The second-order valence-corrected chi connectivity index (χ2v) is 9.00. The van der Waals surface area contributed by atoms with E-state index in [4.69, 9.17) is 0 Å². The Hall–Kier alpha value is -1.93. The van der Waals surface area contributed by atoms with Crippen molar-refractivity contribution in [2.75, 3.05) is 18.1 Å². The van der Waals surface area contributed by atoms with Gasteiger partial charge in [-0.3, -0.25) is 14.9 Å². The number of aromatic nitrogens is 2. The van der Waals surface area contributed by atoms with E-state index in [1.807, 2.05) is 14.0 Å². The molecule has 0 bridgehead atoms. The van der Waals surface area contributed by atoms with Crippen molar-refractivity contribution >= 4 is 40.0 Å². The number of hydrogen-bond acceptors (Lipinski definition) is 6. The number of nitrogens with zero attached hydrogens (tertiary/aromatic N) is 3. The van der Waals surface area contributed by atoms with Crippen molar-refractivity contribution in [1.29, 1.82) is 0 Å². The molecule has 0 atom stereocenters. The molecule has 144 valence electrons. The molecule has 8 heteroatoms. The zero-order valence-corrected chi connectivity index (χ0v) is 17.2. The monoisotopic (exact) mass is 404 g/mol. The minimum absolute atomic E-state index is 0.104. The summed E-state index contributed by atoms with van der Waals surface area (Å²) in [5, 5.41) is 11.3. The standard InChI is InChI=1S/C19H24N4O2S2/c1-3-26-19-22-21-18(27-19)20-16(24)14-11-7-8-12-15(14)17(25)23(2)13-9-5-4-6-10-13/h7-8,11-13H,3-6,9-10H2,1-2H3,(H,20,21,24). The maximum Gasteiger partial charge on any atom is 0.258 e. The zero-order chi connectivity index (χ0) is 19.2. The summed E-state index contributed by atoms with van der Waals surface area (Å²) in [4.78, 5) is 27.6. The van der Waals surface area contributed by atoms with Gasteiger partial charge in [0.25, 0.3) is 11.8 Å². The predicted octanol–water partition coefficient (Wildman–Crippen LogP) is 4.31. The van der Waals surface area contributed by atoms with Crippen LogP contribution in [0.15, 0.2) is 28.6 Å². The van der Waals surface area contributed by atoms with Crippen LogP contribution < -0.4 is 5.32 Å². The van der Waals surface area contributed by atoms with E-state index in [0.717, 1.165) is 35.8 Å². The van der Waals surface area contributed by atoms with E-state index in [1.54, 1.807) is 40.9 Å². The van der Waals surface area contributed by atoms with Crippen LogP contribution >= 0.6 is 23.1 Å². The van der Waals surface area contributed by atoms with Crippen LogP contribution in [0.25, 0.3) is 0 Å². The summed E-state index contributed by atoms with van der Waals surface area (Å²) in [5.74, 6) is 0.459. The van der Waals surface area contributed by atoms with Gasteiger partial charge < -0.3 is 4.90 Å². The third kappa shape index (κ3) is 4.87. The molecule has 0 unspecified atom stereocenters. The summed E-state index contributed by atoms with van der Waals surface area (Å²) in [7, 11) is 1.84. The van der Waals surface area contributed by atoms with Gasteiger partial charge in [-0.05, 0) is 30.7 Å². The number of carbonyl (C=O) groups excluding carboxylic acids is 2. The van der Waals surface area contributed by atoms with Crippen molar-refractivity contribution in [3.63, 3.8) is 0 Å². The van der Waals surface area contributed by atoms with E-state index in [1.165, 1.54) is 17.8 Å². The molecular formula is C19H24N4O2S2. The van der Waals surface area contributed by atoms with Crippen LogP contribution in [0.4, 0.5) is 5.13 Å². The van der Waals surface area contributed by atoms with E-state index in [9.17, 15) is 9.59 Å². The smallest absolute Gasteiger partial charge is 0.258 e. The summed E-state index contributed by atoms with van der Waals surface area (Å²) in [6.45, 7) is 2.04. The normalized spacial score (nSPS) is 14.7. The number of thioether (sulfide) groups is 1. The SMILES string of the molecule is CCSc1nnc(NC(=O)c2ccccc2C(=O)N(C)C2CCCCC2)s1. The first-order chi connectivity index (χ1) is 13.1. The molecule has 6 nitrogen and oxygen atoms in total. The Bertz CT molecular complexity index is 803. The summed E-state index contributed by atoms with van der Waals surface area (Å²) < 4.78 is 0.814. The molecule has 0 spiro atoms. The molecular weight excluding hydrogens is 380 g/mol. The average molecular weight is 405 g/mol. The van der Waals surface area contributed by atoms with Crippen LogP contribution in [0.2, 0.25) is 0 Å². The van der Waals surface area contributed by atoms with Crippen LogP contribution in [0.1, 0.15) is 59.7 Å². The molecule has 0 aliphatic heterocycles. The Balaban J connectivity index is 1.75. The minimum Gasteiger partial charge on any atom is -0.339 e. The Kier molecular flexibility index (Phi) is 6.84. The number of hydrogen-bond donors (Lipinski definition) is 1. The highest BCUT2D eigenvalue weighted by Gasteiger charge is 2.26. The second kappa shape index (κ2) is 9.32. The Labute approximate surface area is 167 Å². The highest BCUT2D eigenvalue weighted by atomic mass is 32.2. The van der Waals surface area contributed by atoms with Crippen molar-refractivity contribution < 1.29 is 9.59 Å². The van der Waals surface area contributed by atoms with Crippen LogP contribution in [0.5, 0.6) is 0 Å². The maximum atomic E-state index is 13.0. The van der Waals surface area contributed by atoms with Crippen LogP contribution in [-0.2, 0) is 0 Å². The van der Waals surface area contributed by atoms with Gasteiger partial charge in [-0.1, -0.05) is 61.4 Å². The fourth-order valence-corrected chi connectivity index (χ4v) is 4.94. The number of anilines is 1. The Morgan fingerprint density at radius 1 is 1.19 bits per heavy atom. The van der Waals surface area contributed by atoms with Crippen molar-refractivity contribution in [2.24, 2.45) is 0 Å². The number of amides is 2. The first-order valence-corrected chi connectivity index (χ1v) is 11.0. The van der Waals surface area contributed by atoms with E-state index >= 15 is 0 Å². The molecule has 27 heavy (non-hydrogen) atoms. The lowest BCUT2D eigenvalue weighted by Gasteiger charge is -2.31. The number of rotatable bonds is 6. The highest BCUT2D eigenvalue weighted by Crippen LogP contribution is 2.26. The summed E-state index contributed by atoms with van der Waals surface area (Å²) in [6.07, 6.45) is 5.59. The van der Waals surface area contributed by atoms with Gasteiger partial charge in [0.1, 0.15) is 0 Å². The molecule has 1 aliphatic carbocycles. The van der Waals surface area contributed by atoms with Gasteiger partial charge in [0, 0.05) is 13.1 Å². The van der Waals surface area contributed by atoms with Crippen molar-refractivity contribution in [2.45, 2.75) is 49.4 Å². The van der Waals surface area contributed by atoms with Crippen LogP contribution in [0, 0.1) is 0 Å². The molecule has 1 aromatic heterocycles. The van der Waals surface area contributed by atoms with E-state index in [-0.39, 0.29) is 17.9 Å². The molecule has 1 N–H and O–H groups in total. The quantitative estimate of drug-likeness (QED) is 0.574. The second-order valence-electron chi connectivity index (χ2n) is 6.51. The molecule has 3 rings (SSSR count). The van der Waals surface area contributed by atoms with E-state index < -0.39 is 0 Å². The van der Waals surface area contributed by atoms with Gasteiger partial charge in [-0.2, -0.15) is 0 Å². The molecule has 0 saturated heterocycles. The van der Waals surface area contributed by atoms with Gasteiger partial charge in [0.05, 0.1) is 11.1 Å². The Morgan fingerprint density at radius 2 is 1.89 bits per heavy atom. The third-order valence-corrected chi connectivity index (χ3v) is 6.59. The molecule has 1 saturated carbocycles. The molecule has 1 heterocycles. The van der Waals surface area contributed by atoms with Crippen molar-refractivity contribution in [3.05, 3.63) is 35.4 Å². The third-order valence-electron chi connectivity index (χ3n) is 4.74. The molecule has 1 aliphatic rings. The molecule has 2 amide bonds. The fourth-order valence-electron chi connectivity index (χ4n) is 3.30. The minimum atomic E-state index is -0.333. The Morgan fingerprint density at radius 3 is 2.59 bits per heavy atom. The van der Waals surface area contributed by atoms with Gasteiger partial charge in [-0.15, -0.1) is 10.2 Å². The lowest BCUT2D eigenvalue weighted by Crippen LogP contribution is -2.39. The van der Waals surface area contributed by atoms with Crippen molar-refractivity contribution in [3.8, 4) is 0 Å². The molecule has 0 radical (unpaired) electrons. The zero-order valence-electron chi connectivity index (χ0n) is 15.6. The lowest BCUT2D eigenvalue weighted by molar-refractivity contribution is 0.0692. The van der Waals surface area contributed by atoms with Gasteiger partial charge in [-0.25, -0.2) is 0 Å². The van der Waals surface area contributed by atoms with Gasteiger partial charge in [0.15, 0.2) is 4.34 Å². The highest BCUT2D eigenvalue weighted by molar-refractivity contribution is 8.01.